The second-order valence-electron chi connectivity index (χ2n) is 4.80. The van der Waals surface area contributed by atoms with E-state index in [9.17, 15) is 4.79 Å². The molecule has 2 aromatic carbocycles. The van der Waals surface area contributed by atoms with Gasteiger partial charge in [-0.15, -0.1) is 5.10 Å². The van der Waals surface area contributed by atoms with Crippen molar-refractivity contribution in [2.24, 2.45) is 0 Å². The summed E-state index contributed by atoms with van der Waals surface area (Å²) in [4.78, 5) is 17.3. The van der Waals surface area contributed by atoms with Crippen LogP contribution in [-0.4, -0.2) is 25.4 Å². The first-order valence-corrected chi connectivity index (χ1v) is 8.02. The quantitative estimate of drug-likeness (QED) is 0.534. The molecule has 0 radical (unpaired) electrons. The molecule has 22 heavy (non-hydrogen) atoms. The van der Waals surface area contributed by atoms with Gasteiger partial charge in [0.1, 0.15) is 0 Å². The van der Waals surface area contributed by atoms with E-state index in [-0.39, 0.29) is 5.56 Å². The highest BCUT2D eigenvalue weighted by Gasteiger charge is 2.16. The number of benzene rings is 2. The highest BCUT2D eigenvalue weighted by molar-refractivity contribution is 7.98. The summed E-state index contributed by atoms with van der Waals surface area (Å²) in [5.74, 6) is 0.527. The Morgan fingerprint density at radius 3 is 2.50 bits per heavy atom. The molecule has 0 spiro atoms. The lowest BCUT2D eigenvalue weighted by Gasteiger charge is -2.05. The standard InChI is InChI=1S/C16H12N4OS/c1-22-16-18-20-14(21)12-9-5-6-10-13(12)17-15(20)19(16)11-7-3-2-4-8-11/h2-10H,1H3. The van der Waals surface area contributed by atoms with Gasteiger partial charge in [-0.05, 0) is 30.5 Å². The Labute approximate surface area is 130 Å². The van der Waals surface area contributed by atoms with Gasteiger partial charge < -0.3 is 0 Å². The summed E-state index contributed by atoms with van der Waals surface area (Å²) in [6.07, 6.45) is 1.94. The summed E-state index contributed by atoms with van der Waals surface area (Å²) in [5.41, 5.74) is 1.46. The van der Waals surface area contributed by atoms with Gasteiger partial charge in [0.05, 0.1) is 16.6 Å². The number of rotatable bonds is 2. The maximum Gasteiger partial charge on any atom is 0.283 e. The van der Waals surface area contributed by atoms with Crippen LogP contribution < -0.4 is 5.56 Å². The Morgan fingerprint density at radius 1 is 1.00 bits per heavy atom. The molecule has 0 saturated heterocycles. The van der Waals surface area contributed by atoms with Crippen LogP contribution in [0.5, 0.6) is 0 Å². The van der Waals surface area contributed by atoms with Crippen molar-refractivity contribution in [1.82, 2.24) is 19.2 Å². The second kappa shape index (κ2) is 4.99. The Bertz CT molecular complexity index is 1040. The number of thioether (sulfide) groups is 1. The zero-order chi connectivity index (χ0) is 15.1. The van der Waals surface area contributed by atoms with E-state index >= 15 is 0 Å². The maximum atomic E-state index is 12.6. The highest BCUT2D eigenvalue weighted by atomic mass is 32.2. The van der Waals surface area contributed by atoms with Gasteiger partial charge in [-0.25, -0.2) is 4.98 Å². The predicted octanol–water partition coefficient (Wildman–Crippen LogP) is 2.76. The summed E-state index contributed by atoms with van der Waals surface area (Å²) in [5, 5.41) is 5.73. The summed E-state index contributed by atoms with van der Waals surface area (Å²) < 4.78 is 3.28. The largest absolute Gasteiger partial charge is 0.283 e. The van der Waals surface area contributed by atoms with Gasteiger partial charge >= 0.3 is 0 Å². The summed E-state index contributed by atoms with van der Waals surface area (Å²) in [6, 6.07) is 17.1. The van der Waals surface area contributed by atoms with Gasteiger partial charge in [-0.2, -0.15) is 4.52 Å². The van der Waals surface area contributed by atoms with Gasteiger partial charge in [-0.3, -0.25) is 9.36 Å². The summed E-state index contributed by atoms with van der Waals surface area (Å²) in [7, 11) is 0. The van der Waals surface area contributed by atoms with Gasteiger partial charge in [0.25, 0.3) is 5.56 Å². The second-order valence-corrected chi connectivity index (χ2v) is 5.58. The van der Waals surface area contributed by atoms with Crippen molar-refractivity contribution in [3.05, 3.63) is 65.0 Å². The SMILES string of the molecule is CSc1nn2c(=O)c3ccccc3nc2n1-c1ccccc1. The van der Waals surface area contributed by atoms with Crippen molar-refractivity contribution in [2.75, 3.05) is 6.26 Å². The molecule has 0 fully saturated rings. The van der Waals surface area contributed by atoms with E-state index < -0.39 is 0 Å². The summed E-state index contributed by atoms with van der Waals surface area (Å²) in [6.45, 7) is 0. The van der Waals surface area contributed by atoms with Crippen LogP contribution >= 0.6 is 11.8 Å². The molecule has 0 N–H and O–H groups in total. The fraction of sp³-hybridized carbons (Fsp3) is 0.0625. The third-order valence-electron chi connectivity index (χ3n) is 3.51. The number of fused-ring (bicyclic) bond motifs is 2. The molecule has 2 aromatic heterocycles. The minimum absolute atomic E-state index is 0.148. The van der Waals surface area contributed by atoms with Crippen LogP contribution in [0.1, 0.15) is 0 Å². The minimum atomic E-state index is -0.148. The molecule has 5 nitrogen and oxygen atoms in total. The van der Waals surface area contributed by atoms with Gasteiger partial charge in [0.15, 0.2) is 5.16 Å². The van der Waals surface area contributed by atoms with Crippen molar-refractivity contribution in [3.63, 3.8) is 0 Å². The minimum Gasteiger partial charge on any atom is -0.267 e. The number of para-hydroxylation sites is 2. The fourth-order valence-electron chi connectivity index (χ4n) is 2.50. The average molecular weight is 308 g/mol. The van der Waals surface area contributed by atoms with Crippen molar-refractivity contribution in [1.29, 1.82) is 0 Å². The number of hydrogen-bond acceptors (Lipinski definition) is 4. The smallest absolute Gasteiger partial charge is 0.267 e. The van der Waals surface area contributed by atoms with Crippen LogP contribution in [0.3, 0.4) is 0 Å². The molecular formula is C16H12N4OS. The molecular weight excluding hydrogens is 296 g/mol. The van der Waals surface area contributed by atoms with E-state index in [1.807, 2.05) is 59.4 Å². The normalized spacial score (nSPS) is 11.3. The molecule has 4 rings (SSSR count). The van der Waals surface area contributed by atoms with Crippen LogP contribution in [0.25, 0.3) is 22.4 Å². The van der Waals surface area contributed by atoms with E-state index in [1.54, 1.807) is 6.07 Å². The van der Waals surface area contributed by atoms with E-state index in [4.69, 9.17) is 0 Å². The Hall–Kier alpha value is -2.60. The average Bonchev–Trinajstić information content (AvgIpc) is 2.95. The number of hydrogen-bond donors (Lipinski definition) is 0. The van der Waals surface area contributed by atoms with Gasteiger partial charge in [0, 0.05) is 0 Å². The van der Waals surface area contributed by atoms with Gasteiger partial charge in [-0.1, -0.05) is 42.1 Å². The van der Waals surface area contributed by atoms with Crippen molar-refractivity contribution >= 4 is 28.4 Å². The van der Waals surface area contributed by atoms with Crippen LogP contribution in [0.15, 0.2) is 64.5 Å². The first-order chi connectivity index (χ1) is 10.8. The number of nitrogens with zero attached hydrogens (tertiary/aromatic N) is 4. The van der Waals surface area contributed by atoms with Crippen molar-refractivity contribution in [3.8, 4) is 5.69 Å². The lowest BCUT2D eigenvalue weighted by molar-refractivity contribution is 0.842. The van der Waals surface area contributed by atoms with Crippen LogP contribution in [0, 0.1) is 0 Å². The molecule has 4 aromatic rings. The third-order valence-corrected chi connectivity index (χ3v) is 4.14. The molecule has 0 saturated carbocycles. The molecule has 0 unspecified atom stereocenters. The Morgan fingerprint density at radius 2 is 1.73 bits per heavy atom. The molecule has 108 valence electrons. The predicted molar refractivity (Wildman–Crippen MR) is 87.9 cm³/mol. The molecule has 0 aliphatic rings. The monoisotopic (exact) mass is 308 g/mol. The fourth-order valence-corrected chi connectivity index (χ4v) is 3.03. The van der Waals surface area contributed by atoms with Crippen LogP contribution in [0.4, 0.5) is 0 Å². The molecule has 0 aliphatic carbocycles. The van der Waals surface area contributed by atoms with Crippen LogP contribution in [0.2, 0.25) is 0 Å². The Balaban J connectivity index is 2.18. The van der Waals surface area contributed by atoms with Gasteiger partial charge in [0.2, 0.25) is 5.78 Å². The van der Waals surface area contributed by atoms with E-state index in [0.717, 1.165) is 10.8 Å². The van der Waals surface area contributed by atoms with E-state index in [0.29, 0.717) is 16.7 Å². The molecule has 0 aliphatic heterocycles. The molecule has 2 heterocycles. The molecule has 0 atom stereocenters. The topological polar surface area (TPSA) is 52.2 Å². The highest BCUT2D eigenvalue weighted by Crippen LogP contribution is 2.21. The molecule has 6 heteroatoms. The first kappa shape index (κ1) is 13.1. The summed E-state index contributed by atoms with van der Waals surface area (Å²) >= 11 is 1.48. The third kappa shape index (κ3) is 1.84. The molecule has 0 amide bonds. The van der Waals surface area contributed by atoms with E-state index in [1.165, 1.54) is 16.3 Å². The Kier molecular flexibility index (Phi) is 2.97. The lowest BCUT2D eigenvalue weighted by Crippen LogP contribution is -2.16. The van der Waals surface area contributed by atoms with E-state index in [2.05, 4.69) is 10.1 Å². The first-order valence-electron chi connectivity index (χ1n) is 6.79. The van der Waals surface area contributed by atoms with Crippen molar-refractivity contribution < 1.29 is 0 Å². The zero-order valence-electron chi connectivity index (χ0n) is 11.8. The molecule has 0 bridgehead atoms. The van der Waals surface area contributed by atoms with Crippen molar-refractivity contribution in [2.45, 2.75) is 5.16 Å². The van der Waals surface area contributed by atoms with Crippen LogP contribution in [-0.2, 0) is 0 Å². The zero-order valence-corrected chi connectivity index (χ0v) is 12.6. The number of aromatic nitrogens is 4. The lowest BCUT2D eigenvalue weighted by atomic mass is 10.2. The maximum absolute atomic E-state index is 12.6.